The molecule has 1 N–H and O–H groups in total. The second kappa shape index (κ2) is 14.4. The van der Waals surface area contributed by atoms with Gasteiger partial charge in [-0.05, 0) is 85.4 Å². The molecule has 186 valence electrons. The van der Waals surface area contributed by atoms with E-state index in [4.69, 9.17) is 0 Å². The first-order chi connectivity index (χ1) is 15.0. The Labute approximate surface area is 199 Å². The van der Waals surface area contributed by atoms with Crippen LogP contribution in [0.5, 0.6) is 0 Å². The highest BCUT2D eigenvalue weighted by atomic mass is 19.1. The molecule has 2 atom stereocenters. The van der Waals surface area contributed by atoms with Crippen LogP contribution in [0.25, 0.3) is 0 Å². The van der Waals surface area contributed by atoms with E-state index < -0.39 is 11.3 Å². The lowest BCUT2D eigenvalue weighted by molar-refractivity contribution is -0.00667. The van der Waals surface area contributed by atoms with Crippen molar-refractivity contribution in [3.63, 3.8) is 0 Å². The molecule has 1 aromatic rings. The van der Waals surface area contributed by atoms with E-state index in [-0.39, 0.29) is 5.92 Å². The van der Waals surface area contributed by atoms with Gasteiger partial charge >= 0.3 is 0 Å². The molecule has 0 amide bonds. The summed E-state index contributed by atoms with van der Waals surface area (Å²) in [5, 5.41) is 11.7. The van der Waals surface area contributed by atoms with Gasteiger partial charge in [-0.3, -0.25) is 0 Å². The standard InChI is InChI=1S/C25H43NO.C4H9F/c1-5-19-26(4)23(6-2)15-12-16-24(22-14-11-13-21(3)20-22)25(27)17-9-7-8-10-18-25;1-4(2,3)5/h11,13-14,20,23-24,27H,5-10,12,15-19H2,1-4H3;1-3H3. The number of halogens is 1. The fourth-order valence-corrected chi connectivity index (χ4v) is 5.15. The Morgan fingerprint density at radius 3 is 2.16 bits per heavy atom. The molecule has 1 aliphatic rings. The van der Waals surface area contributed by atoms with Crippen molar-refractivity contribution in [2.24, 2.45) is 0 Å². The minimum Gasteiger partial charge on any atom is -0.389 e. The first kappa shape index (κ1) is 29.1. The van der Waals surface area contributed by atoms with Gasteiger partial charge < -0.3 is 10.0 Å². The summed E-state index contributed by atoms with van der Waals surface area (Å²) < 4.78 is 11.7. The van der Waals surface area contributed by atoms with Crippen molar-refractivity contribution in [3.8, 4) is 0 Å². The summed E-state index contributed by atoms with van der Waals surface area (Å²) in [5.41, 5.74) is 1.15. The SMILES string of the molecule is CC(C)(C)F.CCCN(C)C(CC)CCCC(c1cccc(C)c1)C1(O)CCCCCC1. The molecule has 1 fully saturated rings. The maximum atomic E-state index is 11.7. The van der Waals surface area contributed by atoms with E-state index in [2.05, 4.69) is 57.0 Å². The quantitative estimate of drug-likeness (QED) is 0.364. The lowest BCUT2D eigenvalue weighted by Crippen LogP contribution is -2.36. The summed E-state index contributed by atoms with van der Waals surface area (Å²) in [5.74, 6) is 0.282. The monoisotopic (exact) mass is 449 g/mol. The third-order valence-electron chi connectivity index (χ3n) is 6.76. The molecule has 0 bridgehead atoms. The summed E-state index contributed by atoms with van der Waals surface area (Å²) in [4.78, 5) is 2.53. The van der Waals surface area contributed by atoms with E-state index in [9.17, 15) is 9.50 Å². The molecule has 0 radical (unpaired) electrons. The fraction of sp³-hybridized carbons (Fsp3) is 0.793. The van der Waals surface area contributed by atoms with E-state index in [0.29, 0.717) is 6.04 Å². The molecule has 2 rings (SSSR count). The van der Waals surface area contributed by atoms with Gasteiger partial charge in [0.1, 0.15) is 5.67 Å². The molecule has 3 heteroatoms. The van der Waals surface area contributed by atoms with E-state index in [0.717, 1.165) is 19.3 Å². The van der Waals surface area contributed by atoms with Crippen LogP contribution in [0.3, 0.4) is 0 Å². The summed E-state index contributed by atoms with van der Waals surface area (Å²) in [6, 6.07) is 9.58. The van der Waals surface area contributed by atoms with E-state index >= 15 is 0 Å². The molecule has 1 aliphatic carbocycles. The maximum absolute atomic E-state index is 11.7. The molecule has 2 nitrogen and oxygen atoms in total. The van der Waals surface area contributed by atoms with Crippen LogP contribution in [0.2, 0.25) is 0 Å². The molecule has 0 spiro atoms. The number of aliphatic hydroxyl groups is 1. The molecular weight excluding hydrogens is 397 g/mol. The van der Waals surface area contributed by atoms with Crippen molar-refractivity contribution in [1.29, 1.82) is 0 Å². The summed E-state index contributed by atoms with van der Waals surface area (Å²) >= 11 is 0. The van der Waals surface area contributed by atoms with Crippen molar-refractivity contribution in [2.45, 2.75) is 135 Å². The van der Waals surface area contributed by atoms with Crippen LogP contribution in [0.4, 0.5) is 4.39 Å². The van der Waals surface area contributed by atoms with Crippen molar-refractivity contribution in [3.05, 3.63) is 35.4 Å². The van der Waals surface area contributed by atoms with Gasteiger partial charge in [0.15, 0.2) is 0 Å². The number of aryl methyl sites for hydroxylation is 1. The van der Waals surface area contributed by atoms with Crippen LogP contribution >= 0.6 is 0 Å². The van der Waals surface area contributed by atoms with Gasteiger partial charge in [-0.15, -0.1) is 0 Å². The zero-order valence-corrected chi connectivity index (χ0v) is 22.2. The van der Waals surface area contributed by atoms with Crippen LogP contribution in [-0.2, 0) is 0 Å². The third-order valence-corrected chi connectivity index (χ3v) is 6.76. The Hall–Kier alpha value is -0.930. The average Bonchev–Trinajstić information content (AvgIpc) is 2.92. The Morgan fingerprint density at radius 2 is 1.66 bits per heavy atom. The van der Waals surface area contributed by atoms with Crippen LogP contribution in [0.15, 0.2) is 24.3 Å². The fourth-order valence-electron chi connectivity index (χ4n) is 5.15. The highest BCUT2D eigenvalue weighted by Crippen LogP contribution is 2.42. The average molecular weight is 450 g/mol. The van der Waals surface area contributed by atoms with Gasteiger partial charge in [-0.2, -0.15) is 0 Å². The first-order valence-corrected chi connectivity index (χ1v) is 13.2. The lowest BCUT2D eigenvalue weighted by Gasteiger charge is -2.37. The zero-order chi connectivity index (χ0) is 24.2. The van der Waals surface area contributed by atoms with Crippen LogP contribution in [0, 0.1) is 6.92 Å². The number of nitrogens with zero attached hydrogens (tertiary/aromatic N) is 1. The molecular formula is C29H52FNO. The summed E-state index contributed by atoms with van der Waals surface area (Å²) in [6.07, 6.45) is 12.8. The Morgan fingerprint density at radius 1 is 1.06 bits per heavy atom. The van der Waals surface area contributed by atoms with Crippen LogP contribution in [0.1, 0.15) is 122 Å². The molecule has 0 aliphatic heterocycles. The second-order valence-electron chi connectivity index (χ2n) is 11.0. The smallest absolute Gasteiger partial charge is 0.102 e. The number of alkyl halides is 1. The molecule has 2 unspecified atom stereocenters. The predicted octanol–water partition coefficient (Wildman–Crippen LogP) is 8.21. The Bertz CT molecular complexity index is 610. The van der Waals surface area contributed by atoms with Crippen molar-refractivity contribution in [1.82, 2.24) is 4.90 Å². The molecule has 0 aromatic heterocycles. The highest BCUT2D eigenvalue weighted by Gasteiger charge is 2.37. The Balaban J connectivity index is 0.000000920. The lowest BCUT2D eigenvalue weighted by atomic mass is 9.74. The Kier molecular flexibility index (Phi) is 13.1. The van der Waals surface area contributed by atoms with Crippen molar-refractivity contribution >= 4 is 0 Å². The number of benzene rings is 1. The van der Waals surface area contributed by atoms with Crippen LogP contribution in [-0.4, -0.2) is 40.9 Å². The number of hydrogen-bond donors (Lipinski definition) is 1. The first-order valence-electron chi connectivity index (χ1n) is 13.2. The normalized spacial score (nSPS) is 18.4. The molecule has 1 saturated carbocycles. The summed E-state index contributed by atoms with van der Waals surface area (Å²) in [7, 11) is 2.27. The van der Waals surface area contributed by atoms with Crippen molar-refractivity contribution < 1.29 is 9.50 Å². The largest absolute Gasteiger partial charge is 0.389 e. The molecule has 32 heavy (non-hydrogen) atoms. The van der Waals surface area contributed by atoms with Gasteiger partial charge in [-0.1, -0.05) is 75.8 Å². The minimum absolute atomic E-state index is 0.282. The van der Waals surface area contributed by atoms with Gasteiger partial charge in [0.05, 0.1) is 5.60 Å². The van der Waals surface area contributed by atoms with Gasteiger partial charge in [0, 0.05) is 12.0 Å². The number of rotatable bonds is 10. The molecule has 1 aromatic carbocycles. The second-order valence-corrected chi connectivity index (χ2v) is 11.0. The number of hydrogen-bond acceptors (Lipinski definition) is 2. The maximum Gasteiger partial charge on any atom is 0.102 e. The predicted molar refractivity (Wildman–Crippen MR) is 138 cm³/mol. The van der Waals surface area contributed by atoms with Crippen molar-refractivity contribution in [2.75, 3.05) is 13.6 Å². The van der Waals surface area contributed by atoms with E-state index in [1.807, 2.05) is 0 Å². The van der Waals surface area contributed by atoms with Crippen LogP contribution < -0.4 is 0 Å². The third kappa shape index (κ3) is 11.3. The zero-order valence-electron chi connectivity index (χ0n) is 22.2. The van der Waals surface area contributed by atoms with E-state index in [1.165, 1.54) is 89.8 Å². The van der Waals surface area contributed by atoms with Gasteiger partial charge in [0.2, 0.25) is 0 Å². The van der Waals surface area contributed by atoms with Gasteiger partial charge in [-0.25, -0.2) is 4.39 Å². The highest BCUT2D eigenvalue weighted by molar-refractivity contribution is 5.28. The van der Waals surface area contributed by atoms with E-state index in [1.54, 1.807) is 0 Å². The minimum atomic E-state index is -1.00. The molecule has 0 heterocycles. The van der Waals surface area contributed by atoms with Gasteiger partial charge in [0.25, 0.3) is 0 Å². The molecule has 0 saturated heterocycles. The summed E-state index contributed by atoms with van der Waals surface area (Å²) in [6.45, 7) is 12.5. The topological polar surface area (TPSA) is 23.5 Å².